The lowest BCUT2D eigenvalue weighted by Gasteiger charge is -2.44. The highest BCUT2D eigenvalue weighted by atomic mass is 35.5. The lowest BCUT2D eigenvalue weighted by Crippen LogP contribution is -2.64. The highest BCUT2D eigenvalue weighted by Gasteiger charge is 2.53. The van der Waals surface area contributed by atoms with Gasteiger partial charge in [-0.25, -0.2) is 4.57 Å². The predicted octanol–water partition coefficient (Wildman–Crippen LogP) is 0.815. The summed E-state index contributed by atoms with van der Waals surface area (Å²) in [7, 11) is -4.46. The zero-order chi connectivity index (χ0) is 25.8. The minimum absolute atomic E-state index is 0.101. The van der Waals surface area contributed by atoms with Crippen LogP contribution in [-0.2, 0) is 28.2 Å². The number of nitrogens with zero attached hydrogens (tertiary/aromatic N) is 1. The smallest absolute Gasteiger partial charge is 0.462 e. The van der Waals surface area contributed by atoms with Crippen LogP contribution < -0.4 is 9.84 Å². The van der Waals surface area contributed by atoms with Crippen LogP contribution in [0.4, 0.5) is 0 Å². The third-order valence-corrected chi connectivity index (χ3v) is 7.94. The van der Waals surface area contributed by atoms with Gasteiger partial charge in [-0.1, -0.05) is 11.6 Å². The Morgan fingerprint density at radius 1 is 1.29 bits per heavy atom. The van der Waals surface area contributed by atoms with Crippen molar-refractivity contribution in [2.75, 3.05) is 19.8 Å². The molecule has 12 nitrogen and oxygen atoms in total. The van der Waals surface area contributed by atoms with E-state index in [1.807, 2.05) is 0 Å². The maximum Gasteiger partial charge on any atom is 0.462 e. The molecule has 2 saturated heterocycles. The number of nitrogens with one attached hydrogen (secondary N) is 1. The van der Waals surface area contributed by atoms with Crippen molar-refractivity contribution in [1.29, 1.82) is 0 Å². The van der Waals surface area contributed by atoms with Crippen molar-refractivity contribution in [2.45, 2.75) is 63.4 Å². The van der Waals surface area contributed by atoms with Crippen LogP contribution in [0.1, 0.15) is 26.7 Å². The molecular weight excluding hydrogens is 507 g/mol. The van der Waals surface area contributed by atoms with Gasteiger partial charge in [0.05, 0.1) is 13.2 Å². The Kier molecular flexibility index (Phi) is 9.53. The van der Waals surface area contributed by atoms with E-state index >= 15 is 0 Å². The highest BCUT2D eigenvalue weighted by Crippen LogP contribution is 2.57. The zero-order valence-corrected chi connectivity index (χ0v) is 20.9. The van der Waals surface area contributed by atoms with Gasteiger partial charge in [-0.15, -0.1) is 0 Å². The van der Waals surface area contributed by atoms with Crippen molar-refractivity contribution in [1.82, 2.24) is 9.99 Å². The number of rotatable bonds is 9. The number of aliphatic hydroxyl groups is 3. The van der Waals surface area contributed by atoms with Crippen LogP contribution in [-0.4, -0.2) is 88.3 Å². The van der Waals surface area contributed by atoms with Crippen LogP contribution in [0.5, 0.6) is 5.75 Å². The molecule has 1 aromatic rings. The van der Waals surface area contributed by atoms with E-state index in [1.165, 1.54) is 35.9 Å². The average Bonchev–Trinajstić information content (AvgIpc) is 3.31. The van der Waals surface area contributed by atoms with Crippen molar-refractivity contribution in [3.63, 3.8) is 0 Å². The SMILES string of the molecule is CCOC(=O)C1CCCN1P(=O)(Oc1ccc(Cl)cc1)O[C@@H]1[C@H](O)[C@@H](CO)O[C@H](O)[C@@H]1NC(C)=O. The molecule has 3 rings (SSSR count). The number of benzene rings is 1. The van der Waals surface area contributed by atoms with Crippen LogP contribution in [0, 0.1) is 0 Å². The molecule has 0 bridgehead atoms. The second-order valence-electron chi connectivity index (χ2n) is 8.12. The van der Waals surface area contributed by atoms with Gasteiger partial charge in [0.25, 0.3) is 0 Å². The van der Waals surface area contributed by atoms with Gasteiger partial charge < -0.3 is 34.6 Å². The molecule has 2 unspecified atom stereocenters. The molecule has 4 N–H and O–H groups in total. The van der Waals surface area contributed by atoms with Crippen molar-refractivity contribution in [3.05, 3.63) is 29.3 Å². The number of carbonyl (C=O) groups excluding carboxylic acids is 2. The van der Waals surface area contributed by atoms with E-state index in [9.17, 15) is 29.5 Å². The number of esters is 1. The summed E-state index contributed by atoms with van der Waals surface area (Å²) in [6.07, 6.45) is -5.36. The minimum atomic E-state index is -4.46. The summed E-state index contributed by atoms with van der Waals surface area (Å²) in [4.78, 5) is 24.4. The molecule has 1 aromatic carbocycles. The molecular formula is C21H30ClN2O10P. The number of amides is 1. The maximum absolute atomic E-state index is 14.4. The van der Waals surface area contributed by atoms with Crippen LogP contribution in [0.2, 0.25) is 5.02 Å². The summed E-state index contributed by atoms with van der Waals surface area (Å²) in [6.45, 7) is 2.38. The molecule has 0 aliphatic carbocycles. The molecule has 196 valence electrons. The summed E-state index contributed by atoms with van der Waals surface area (Å²) in [6, 6.07) is 3.58. The largest absolute Gasteiger partial charge is 0.465 e. The summed E-state index contributed by atoms with van der Waals surface area (Å²) >= 11 is 5.93. The number of halogens is 1. The number of ether oxygens (including phenoxy) is 2. The quantitative estimate of drug-likeness (QED) is 0.261. The fraction of sp³-hybridized carbons (Fsp3) is 0.619. The van der Waals surface area contributed by atoms with Crippen LogP contribution in [0.3, 0.4) is 0 Å². The first-order valence-electron chi connectivity index (χ1n) is 11.2. The molecule has 2 aliphatic heterocycles. The van der Waals surface area contributed by atoms with Gasteiger partial charge in [0.1, 0.15) is 36.1 Å². The van der Waals surface area contributed by atoms with Crippen molar-refractivity contribution in [2.24, 2.45) is 0 Å². The van der Waals surface area contributed by atoms with Crippen molar-refractivity contribution < 1.29 is 48.0 Å². The van der Waals surface area contributed by atoms with Gasteiger partial charge in [0.15, 0.2) is 6.29 Å². The van der Waals surface area contributed by atoms with Gasteiger partial charge in [-0.05, 0) is 44.0 Å². The fourth-order valence-corrected chi connectivity index (χ4v) is 6.32. The Morgan fingerprint density at radius 3 is 2.57 bits per heavy atom. The van der Waals surface area contributed by atoms with E-state index in [0.29, 0.717) is 17.9 Å². The zero-order valence-electron chi connectivity index (χ0n) is 19.3. The molecule has 7 atom stereocenters. The normalized spacial score (nSPS) is 30.9. The van der Waals surface area contributed by atoms with Crippen LogP contribution in [0.25, 0.3) is 0 Å². The third-order valence-electron chi connectivity index (χ3n) is 5.63. The van der Waals surface area contributed by atoms with Crippen LogP contribution >= 0.6 is 19.3 Å². The Morgan fingerprint density at radius 2 is 1.97 bits per heavy atom. The van der Waals surface area contributed by atoms with E-state index in [2.05, 4.69) is 5.32 Å². The van der Waals surface area contributed by atoms with E-state index in [-0.39, 0.29) is 18.9 Å². The van der Waals surface area contributed by atoms with Gasteiger partial charge >= 0.3 is 13.7 Å². The first kappa shape index (κ1) is 27.8. The summed E-state index contributed by atoms with van der Waals surface area (Å²) in [5, 5.41) is 33.6. The summed E-state index contributed by atoms with van der Waals surface area (Å²) in [5.74, 6) is -1.10. The monoisotopic (exact) mass is 536 g/mol. The van der Waals surface area contributed by atoms with E-state index in [4.69, 9.17) is 30.1 Å². The first-order chi connectivity index (χ1) is 16.6. The Hall–Kier alpha value is -1.76. The van der Waals surface area contributed by atoms with E-state index in [0.717, 1.165) is 0 Å². The van der Waals surface area contributed by atoms with Gasteiger partial charge in [-0.3, -0.25) is 14.1 Å². The predicted molar refractivity (Wildman–Crippen MR) is 122 cm³/mol. The fourth-order valence-electron chi connectivity index (χ4n) is 4.04. The summed E-state index contributed by atoms with van der Waals surface area (Å²) in [5.41, 5.74) is 0. The number of aliphatic hydroxyl groups excluding tert-OH is 3. The Labute approximate surface area is 207 Å². The molecule has 35 heavy (non-hydrogen) atoms. The number of hydrogen-bond acceptors (Lipinski definition) is 10. The molecule has 1 amide bonds. The van der Waals surface area contributed by atoms with Gasteiger partial charge in [-0.2, -0.15) is 4.67 Å². The van der Waals surface area contributed by atoms with Crippen molar-refractivity contribution in [3.8, 4) is 5.75 Å². The van der Waals surface area contributed by atoms with Crippen LogP contribution in [0.15, 0.2) is 24.3 Å². The molecule has 2 aliphatic rings. The third kappa shape index (κ3) is 6.52. The lowest BCUT2D eigenvalue weighted by atomic mass is 9.97. The van der Waals surface area contributed by atoms with Gasteiger partial charge in [0, 0.05) is 18.5 Å². The number of hydrogen-bond donors (Lipinski definition) is 4. The molecule has 0 aromatic heterocycles. The van der Waals surface area contributed by atoms with Gasteiger partial charge in [0.2, 0.25) is 5.91 Å². The second kappa shape index (κ2) is 12.0. The number of carbonyl (C=O) groups is 2. The lowest BCUT2D eigenvalue weighted by molar-refractivity contribution is -0.250. The second-order valence-corrected chi connectivity index (χ2v) is 10.4. The average molecular weight is 537 g/mol. The highest BCUT2D eigenvalue weighted by molar-refractivity contribution is 7.51. The topological polar surface area (TPSA) is 164 Å². The first-order valence-corrected chi connectivity index (χ1v) is 13.0. The maximum atomic E-state index is 14.4. The van der Waals surface area contributed by atoms with Crippen molar-refractivity contribution >= 4 is 31.2 Å². The molecule has 14 heteroatoms. The Balaban J connectivity index is 2.01. The van der Waals surface area contributed by atoms with E-state index < -0.39 is 62.9 Å². The summed E-state index contributed by atoms with van der Waals surface area (Å²) < 4.78 is 37.6. The molecule has 0 radical (unpaired) electrons. The standard InChI is InChI=1S/C21H30ClN2O10P/c1-3-31-20(28)15-5-4-10-24(15)35(30,33-14-8-6-13(22)7-9-14)34-19-17(23-12(2)26)21(29)32-16(11-25)18(19)27/h6-9,15-19,21,25,27,29H,3-5,10-11H2,1-2H3,(H,23,26)/t15?,16-,17-,18-,19+,21+,35?/m1/s1. The molecule has 0 saturated carbocycles. The van der Waals surface area contributed by atoms with E-state index in [1.54, 1.807) is 6.92 Å². The molecule has 2 fully saturated rings. The Bertz CT molecular complexity index is 935. The molecule has 0 spiro atoms. The molecule has 2 heterocycles. The minimum Gasteiger partial charge on any atom is -0.465 e.